The first-order chi connectivity index (χ1) is 8.70. The Bertz CT molecular complexity index is 418. The Balaban J connectivity index is 0.00000180. The molecule has 1 aliphatic heterocycles. The van der Waals surface area contributed by atoms with Crippen molar-refractivity contribution in [2.24, 2.45) is 5.92 Å². The van der Waals surface area contributed by atoms with Crippen LogP contribution in [0.5, 0.6) is 0 Å². The molecule has 0 radical (unpaired) electrons. The molecule has 1 aromatic carbocycles. The van der Waals surface area contributed by atoms with Crippen molar-refractivity contribution in [2.75, 3.05) is 32.5 Å². The van der Waals surface area contributed by atoms with E-state index >= 15 is 0 Å². The Morgan fingerprint density at radius 2 is 2.11 bits per heavy atom. The van der Waals surface area contributed by atoms with E-state index in [9.17, 15) is 4.79 Å². The summed E-state index contributed by atoms with van der Waals surface area (Å²) in [5, 5.41) is 0. The maximum absolute atomic E-state index is 12.3. The smallest absolute Gasteiger partial charge is 0.253 e. The number of halogens is 1. The van der Waals surface area contributed by atoms with Crippen LogP contribution >= 0.6 is 12.4 Å². The first kappa shape index (κ1) is 15.8. The highest BCUT2D eigenvalue weighted by Crippen LogP contribution is 2.19. The number of carbonyl (C=O) groups is 1. The Morgan fingerprint density at radius 1 is 1.42 bits per heavy atom. The van der Waals surface area contributed by atoms with Gasteiger partial charge in [-0.05, 0) is 37.0 Å². The summed E-state index contributed by atoms with van der Waals surface area (Å²) in [7, 11) is 1.73. The van der Waals surface area contributed by atoms with Crippen LogP contribution < -0.4 is 5.73 Å². The monoisotopic (exact) mass is 284 g/mol. The molecule has 0 spiro atoms. The van der Waals surface area contributed by atoms with Gasteiger partial charge in [-0.25, -0.2) is 0 Å². The van der Waals surface area contributed by atoms with Crippen molar-refractivity contribution < 1.29 is 9.53 Å². The average molecular weight is 285 g/mol. The van der Waals surface area contributed by atoms with Crippen molar-refractivity contribution in [3.8, 4) is 0 Å². The number of piperidine rings is 1. The van der Waals surface area contributed by atoms with Gasteiger partial charge < -0.3 is 15.4 Å². The van der Waals surface area contributed by atoms with Gasteiger partial charge in [-0.1, -0.05) is 6.07 Å². The number of benzene rings is 1. The number of nitrogens with two attached hydrogens (primary N) is 1. The van der Waals surface area contributed by atoms with E-state index in [1.807, 2.05) is 17.0 Å². The molecule has 0 bridgehead atoms. The van der Waals surface area contributed by atoms with Gasteiger partial charge in [0.15, 0.2) is 0 Å². The van der Waals surface area contributed by atoms with Crippen LogP contribution in [0.25, 0.3) is 0 Å². The van der Waals surface area contributed by atoms with E-state index in [0.29, 0.717) is 17.2 Å². The molecule has 1 amide bonds. The quantitative estimate of drug-likeness (QED) is 0.866. The molecule has 1 aliphatic rings. The highest BCUT2D eigenvalue weighted by atomic mass is 35.5. The van der Waals surface area contributed by atoms with Crippen LogP contribution in [0, 0.1) is 5.92 Å². The second-order valence-electron chi connectivity index (χ2n) is 4.82. The number of methoxy groups -OCH3 is 1. The number of likely N-dealkylation sites (tertiary alicyclic amines) is 1. The molecule has 2 N–H and O–H groups in total. The Kier molecular flexibility index (Phi) is 6.12. The summed E-state index contributed by atoms with van der Waals surface area (Å²) in [5.74, 6) is 0.665. The summed E-state index contributed by atoms with van der Waals surface area (Å²) in [6.45, 7) is 2.41. The molecule has 19 heavy (non-hydrogen) atoms. The minimum absolute atomic E-state index is 0. The first-order valence-corrected chi connectivity index (χ1v) is 6.34. The second kappa shape index (κ2) is 7.36. The van der Waals surface area contributed by atoms with Gasteiger partial charge in [0.1, 0.15) is 0 Å². The molecule has 0 unspecified atom stereocenters. The Morgan fingerprint density at radius 3 is 2.68 bits per heavy atom. The number of ether oxygens (including phenoxy) is 1. The zero-order valence-electron chi connectivity index (χ0n) is 11.2. The molecular formula is C14H21ClN2O2. The maximum atomic E-state index is 12.3. The summed E-state index contributed by atoms with van der Waals surface area (Å²) < 4.78 is 5.16. The largest absolute Gasteiger partial charge is 0.399 e. The number of anilines is 1. The molecule has 0 atom stereocenters. The zero-order chi connectivity index (χ0) is 13.0. The fourth-order valence-corrected chi connectivity index (χ4v) is 2.39. The fraction of sp³-hybridized carbons (Fsp3) is 0.500. The lowest BCUT2D eigenvalue weighted by atomic mass is 9.97. The predicted molar refractivity (Wildman–Crippen MR) is 78.6 cm³/mol. The number of nitrogens with zero attached hydrogens (tertiary/aromatic N) is 1. The Labute approximate surface area is 120 Å². The van der Waals surface area contributed by atoms with E-state index in [0.717, 1.165) is 32.5 Å². The van der Waals surface area contributed by atoms with Gasteiger partial charge in [-0.2, -0.15) is 0 Å². The normalized spacial score (nSPS) is 15.9. The fourth-order valence-electron chi connectivity index (χ4n) is 2.39. The second-order valence-corrected chi connectivity index (χ2v) is 4.82. The lowest BCUT2D eigenvalue weighted by molar-refractivity contribution is 0.0613. The van der Waals surface area contributed by atoms with E-state index in [2.05, 4.69) is 0 Å². The van der Waals surface area contributed by atoms with E-state index in [4.69, 9.17) is 10.5 Å². The van der Waals surface area contributed by atoms with Crippen molar-refractivity contribution in [3.63, 3.8) is 0 Å². The molecule has 0 saturated carbocycles. The molecule has 0 aromatic heterocycles. The number of nitrogen functional groups attached to an aromatic ring is 1. The van der Waals surface area contributed by atoms with Crippen LogP contribution in [0.4, 0.5) is 5.69 Å². The molecule has 1 fully saturated rings. The van der Waals surface area contributed by atoms with Crippen molar-refractivity contribution in [1.29, 1.82) is 0 Å². The van der Waals surface area contributed by atoms with Gasteiger partial charge in [0, 0.05) is 38.1 Å². The van der Waals surface area contributed by atoms with Crippen molar-refractivity contribution in [2.45, 2.75) is 12.8 Å². The van der Waals surface area contributed by atoms with Crippen LogP contribution in [0.2, 0.25) is 0 Å². The summed E-state index contributed by atoms with van der Waals surface area (Å²) in [6, 6.07) is 7.17. The zero-order valence-corrected chi connectivity index (χ0v) is 12.0. The number of hydrogen-bond acceptors (Lipinski definition) is 3. The third kappa shape index (κ3) is 4.11. The standard InChI is InChI=1S/C14H20N2O2.ClH/c1-18-10-11-5-7-16(8-6-11)14(17)12-3-2-4-13(15)9-12;/h2-4,9,11H,5-8,10,15H2,1H3;1H. The highest BCUT2D eigenvalue weighted by molar-refractivity contribution is 5.95. The molecular weight excluding hydrogens is 264 g/mol. The number of amides is 1. The summed E-state index contributed by atoms with van der Waals surface area (Å²) >= 11 is 0. The number of carbonyl (C=O) groups excluding carboxylic acids is 1. The molecule has 106 valence electrons. The lowest BCUT2D eigenvalue weighted by Gasteiger charge is -2.31. The van der Waals surface area contributed by atoms with Crippen LogP contribution in [0.15, 0.2) is 24.3 Å². The lowest BCUT2D eigenvalue weighted by Crippen LogP contribution is -2.39. The summed E-state index contributed by atoms with van der Waals surface area (Å²) in [5.41, 5.74) is 7.02. The van der Waals surface area contributed by atoms with Crippen molar-refractivity contribution in [1.82, 2.24) is 4.90 Å². The van der Waals surface area contributed by atoms with E-state index < -0.39 is 0 Å². The third-order valence-corrected chi connectivity index (χ3v) is 3.44. The van der Waals surface area contributed by atoms with E-state index in [1.54, 1.807) is 19.2 Å². The van der Waals surface area contributed by atoms with Crippen LogP contribution in [0.3, 0.4) is 0 Å². The highest BCUT2D eigenvalue weighted by Gasteiger charge is 2.23. The third-order valence-electron chi connectivity index (χ3n) is 3.44. The van der Waals surface area contributed by atoms with Gasteiger partial charge in [0.25, 0.3) is 5.91 Å². The van der Waals surface area contributed by atoms with Crippen LogP contribution in [-0.2, 0) is 4.74 Å². The van der Waals surface area contributed by atoms with Crippen LogP contribution in [-0.4, -0.2) is 37.6 Å². The van der Waals surface area contributed by atoms with Gasteiger partial charge in [0.2, 0.25) is 0 Å². The van der Waals surface area contributed by atoms with E-state index in [1.165, 1.54) is 0 Å². The van der Waals surface area contributed by atoms with Crippen molar-refractivity contribution in [3.05, 3.63) is 29.8 Å². The molecule has 1 saturated heterocycles. The molecule has 1 aromatic rings. The van der Waals surface area contributed by atoms with E-state index in [-0.39, 0.29) is 18.3 Å². The van der Waals surface area contributed by atoms with Gasteiger partial charge >= 0.3 is 0 Å². The van der Waals surface area contributed by atoms with Crippen LogP contribution in [0.1, 0.15) is 23.2 Å². The minimum Gasteiger partial charge on any atom is -0.399 e. The average Bonchev–Trinajstić information content (AvgIpc) is 2.39. The molecule has 5 heteroatoms. The molecule has 2 rings (SSSR count). The predicted octanol–water partition coefficient (Wildman–Crippen LogP) is 2.19. The van der Waals surface area contributed by atoms with Gasteiger partial charge in [-0.3, -0.25) is 4.79 Å². The van der Waals surface area contributed by atoms with Gasteiger partial charge in [-0.15, -0.1) is 12.4 Å². The first-order valence-electron chi connectivity index (χ1n) is 6.34. The molecule has 0 aliphatic carbocycles. The number of rotatable bonds is 3. The molecule has 4 nitrogen and oxygen atoms in total. The number of hydrogen-bond donors (Lipinski definition) is 1. The van der Waals surface area contributed by atoms with Gasteiger partial charge in [0.05, 0.1) is 0 Å². The molecule has 1 heterocycles. The summed E-state index contributed by atoms with van der Waals surface area (Å²) in [4.78, 5) is 14.2. The van der Waals surface area contributed by atoms with Crippen molar-refractivity contribution >= 4 is 24.0 Å². The minimum atomic E-state index is 0. The Hall–Kier alpha value is -1.26. The SMILES string of the molecule is COCC1CCN(C(=O)c2cccc(N)c2)CC1.Cl. The summed E-state index contributed by atoms with van der Waals surface area (Å²) in [6.07, 6.45) is 2.03. The topological polar surface area (TPSA) is 55.6 Å². The maximum Gasteiger partial charge on any atom is 0.253 e.